The van der Waals surface area contributed by atoms with Gasteiger partial charge in [-0.25, -0.2) is 0 Å². The summed E-state index contributed by atoms with van der Waals surface area (Å²) in [4.78, 5) is 0. The lowest BCUT2D eigenvalue weighted by Gasteiger charge is -2.41. The third-order valence-corrected chi connectivity index (χ3v) is 5.20. The van der Waals surface area contributed by atoms with Crippen molar-refractivity contribution in [3.8, 4) is 0 Å². The highest BCUT2D eigenvalue weighted by atomic mass is 16.5. The molecule has 1 heterocycles. The van der Waals surface area contributed by atoms with Crippen LogP contribution in [0.5, 0.6) is 0 Å². The summed E-state index contributed by atoms with van der Waals surface area (Å²) < 4.78 is 5.30. The molecular formula is C19H29NO2. The largest absolute Gasteiger partial charge is 0.396 e. The molecule has 0 aromatic heterocycles. The van der Waals surface area contributed by atoms with Crippen molar-refractivity contribution >= 4 is 0 Å². The van der Waals surface area contributed by atoms with Gasteiger partial charge in [-0.15, -0.1) is 0 Å². The number of fused-ring (bicyclic) bond motifs is 1. The van der Waals surface area contributed by atoms with Gasteiger partial charge in [-0.3, -0.25) is 0 Å². The van der Waals surface area contributed by atoms with Gasteiger partial charge in [0.1, 0.15) is 0 Å². The van der Waals surface area contributed by atoms with Crippen molar-refractivity contribution in [2.45, 2.75) is 51.5 Å². The molecule has 3 heteroatoms. The Balaban J connectivity index is 1.77. The van der Waals surface area contributed by atoms with E-state index in [0.717, 1.165) is 6.54 Å². The first-order valence-electron chi connectivity index (χ1n) is 8.49. The summed E-state index contributed by atoms with van der Waals surface area (Å²) in [5.74, 6) is 0. The van der Waals surface area contributed by atoms with E-state index >= 15 is 0 Å². The first-order valence-corrected chi connectivity index (χ1v) is 8.49. The molecular weight excluding hydrogens is 274 g/mol. The Morgan fingerprint density at radius 3 is 2.68 bits per heavy atom. The van der Waals surface area contributed by atoms with Crippen molar-refractivity contribution in [3.05, 3.63) is 34.9 Å². The van der Waals surface area contributed by atoms with E-state index in [2.05, 4.69) is 44.3 Å². The summed E-state index contributed by atoms with van der Waals surface area (Å²) in [5.41, 5.74) is 4.49. The molecule has 0 amide bonds. The van der Waals surface area contributed by atoms with Gasteiger partial charge >= 0.3 is 0 Å². The third-order valence-electron chi connectivity index (χ3n) is 5.20. The second-order valence-corrected chi connectivity index (χ2v) is 8.14. The molecule has 1 saturated heterocycles. The summed E-state index contributed by atoms with van der Waals surface area (Å²) in [6.45, 7) is 9.22. The predicted molar refractivity (Wildman–Crippen MR) is 89.2 cm³/mol. The van der Waals surface area contributed by atoms with Crippen LogP contribution < -0.4 is 5.32 Å². The average Bonchev–Trinajstić information content (AvgIpc) is 2.45. The van der Waals surface area contributed by atoms with Crippen LogP contribution in [0.4, 0.5) is 0 Å². The van der Waals surface area contributed by atoms with Crippen LogP contribution in [0, 0.1) is 5.41 Å². The maximum absolute atomic E-state index is 9.59. The number of aryl methyl sites for hydroxylation is 1. The van der Waals surface area contributed by atoms with Gasteiger partial charge in [-0.1, -0.05) is 39.0 Å². The fourth-order valence-electron chi connectivity index (χ4n) is 3.46. The minimum absolute atomic E-state index is 0.0563. The van der Waals surface area contributed by atoms with Crippen LogP contribution in [0.3, 0.4) is 0 Å². The van der Waals surface area contributed by atoms with E-state index in [-0.39, 0.29) is 17.4 Å². The number of ether oxygens (including phenoxy) is 1. The molecule has 3 nitrogen and oxygen atoms in total. The summed E-state index contributed by atoms with van der Waals surface area (Å²) in [6, 6.07) is 7.42. The van der Waals surface area contributed by atoms with Gasteiger partial charge in [-0.2, -0.15) is 0 Å². The van der Waals surface area contributed by atoms with Gasteiger partial charge in [0.2, 0.25) is 0 Å². The topological polar surface area (TPSA) is 41.5 Å². The summed E-state index contributed by atoms with van der Waals surface area (Å²) in [5, 5.41) is 13.3. The summed E-state index contributed by atoms with van der Waals surface area (Å²) >= 11 is 0. The first-order chi connectivity index (χ1) is 10.4. The molecule has 2 N–H and O–H groups in total. The van der Waals surface area contributed by atoms with Gasteiger partial charge in [0, 0.05) is 12.6 Å². The maximum atomic E-state index is 9.59. The van der Waals surface area contributed by atoms with E-state index < -0.39 is 0 Å². The highest BCUT2D eigenvalue weighted by Crippen LogP contribution is 2.35. The molecule has 1 fully saturated rings. The van der Waals surface area contributed by atoms with E-state index in [1.807, 2.05) is 0 Å². The molecule has 122 valence electrons. The highest BCUT2D eigenvalue weighted by Gasteiger charge is 2.38. The Morgan fingerprint density at radius 1 is 1.32 bits per heavy atom. The number of benzene rings is 1. The molecule has 22 heavy (non-hydrogen) atoms. The SMILES string of the molecule is CC(C)(C)c1ccc2c(c1)[C@@H](NCC1(CO)COC1)CCC2. The zero-order valence-electron chi connectivity index (χ0n) is 14.1. The van der Waals surface area contributed by atoms with Crippen molar-refractivity contribution in [1.82, 2.24) is 5.32 Å². The predicted octanol–water partition coefficient (Wildman–Crippen LogP) is 2.96. The number of aliphatic hydroxyl groups is 1. The van der Waals surface area contributed by atoms with Crippen LogP contribution in [0.15, 0.2) is 18.2 Å². The smallest absolute Gasteiger partial charge is 0.0579 e. The summed E-state index contributed by atoms with van der Waals surface area (Å²) in [6.07, 6.45) is 3.61. The maximum Gasteiger partial charge on any atom is 0.0579 e. The van der Waals surface area contributed by atoms with Gasteiger partial charge in [0.25, 0.3) is 0 Å². The van der Waals surface area contributed by atoms with Gasteiger partial charge in [0.05, 0.1) is 25.2 Å². The zero-order chi connectivity index (χ0) is 15.8. The lowest BCUT2D eigenvalue weighted by molar-refractivity contribution is -0.135. The van der Waals surface area contributed by atoms with Gasteiger partial charge in [0.15, 0.2) is 0 Å². The van der Waals surface area contributed by atoms with Crippen LogP contribution in [0.2, 0.25) is 0 Å². The number of aliphatic hydroxyl groups excluding tert-OH is 1. The van der Waals surface area contributed by atoms with Crippen molar-refractivity contribution in [1.29, 1.82) is 0 Å². The Morgan fingerprint density at radius 2 is 2.09 bits per heavy atom. The van der Waals surface area contributed by atoms with E-state index in [4.69, 9.17) is 4.74 Å². The Labute approximate surface area is 134 Å². The monoisotopic (exact) mass is 303 g/mol. The average molecular weight is 303 g/mol. The second-order valence-electron chi connectivity index (χ2n) is 8.14. The molecule has 3 rings (SSSR count). The molecule has 0 bridgehead atoms. The molecule has 0 unspecified atom stereocenters. The molecule has 1 aromatic rings. The van der Waals surface area contributed by atoms with E-state index in [1.165, 1.54) is 36.0 Å². The van der Waals surface area contributed by atoms with E-state index in [1.54, 1.807) is 0 Å². The lowest BCUT2D eigenvalue weighted by Crippen LogP contribution is -2.52. The van der Waals surface area contributed by atoms with E-state index in [9.17, 15) is 5.11 Å². The third kappa shape index (κ3) is 3.08. The Bertz CT molecular complexity index is 523. The molecule has 0 spiro atoms. The molecule has 1 aliphatic heterocycles. The Kier molecular flexibility index (Phi) is 4.32. The first kappa shape index (κ1) is 16.0. The molecule has 1 aromatic carbocycles. The minimum atomic E-state index is -0.0563. The summed E-state index contributed by atoms with van der Waals surface area (Å²) in [7, 11) is 0. The van der Waals surface area contributed by atoms with Crippen LogP contribution >= 0.6 is 0 Å². The van der Waals surface area contributed by atoms with Crippen molar-refractivity contribution in [2.75, 3.05) is 26.4 Å². The fourth-order valence-corrected chi connectivity index (χ4v) is 3.46. The normalized spacial score (nSPS) is 23.7. The zero-order valence-corrected chi connectivity index (χ0v) is 14.1. The number of nitrogens with one attached hydrogen (secondary N) is 1. The molecule has 1 atom stereocenters. The molecule has 2 aliphatic rings. The quantitative estimate of drug-likeness (QED) is 0.898. The highest BCUT2D eigenvalue weighted by molar-refractivity contribution is 5.38. The van der Waals surface area contributed by atoms with Crippen molar-refractivity contribution in [2.24, 2.45) is 5.41 Å². The lowest BCUT2D eigenvalue weighted by atomic mass is 9.80. The van der Waals surface area contributed by atoms with Crippen LogP contribution in [0.1, 0.15) is 56.3 Å². The number of hydrogen-bond donors (Lipinski definition) is 2. The van der Waals surface area contributed by atoms with Crippen molar-refractivity contribution in [3.63, 3.8) is 0 Å². The van der Waals surface area contributed by atoms with Crippen LogP contribution in [-0.4, -0.2) is 31.5 Å². The number of hydrogen-bond acceptors (Lipinski definition) is 3. The molecule has 0 saturated carbocycles. The van der Waals surface area contributed by atoms with Gasteiger partial charge < -0.3 is 15.2 Å². The minimum Gasteiger partial charge on any atom is -0.396 e. The van der Waals surface area contributed by atoms with Gasteiger partial charge in [-0.05, 0) is 41.4 Å². The van der Waals surface area contributed by atoms with Crippen LogP contribution in [0.25, 0.3) is 0 Å². The molecule has 1 aliphatic carbocycles. The Hall–Kier alpha value is -0.900. The number of rotatable bonds is 4. The van der Waals surface area contributed by atoms with Crippen LogP contribution in [-0.2, 0) is 16.6 Å². The standard InChI is InChI=1S/C19H29NO2/c1-18(2,3)15-8-7-14-5-4-6-17(16(14)9-15)20-10-19(11-21)12-22-13-19/h7-9,17,20-21H,4-6,10-13H2,1-3H3/t17-/m0/s1. The fraction of sp³-hybridized carbons (Fsp3) is 0.684. The second kappa shape index (κ2) is 5.95. The van der Waals surface area contributed by atoms with E-state index in [0.29, 0.717) is 19.3 Å². The van der Waals surface area contributed by atoms with Crippen molar-refractivity contribution < 1.29 is 9.84 Å². The molecule has 0 radical (unpaired) electrons.